The van der Waals surface area contributed by atoms with Gasteiger partial charge in [-0.1, -0.05) is 0 Å². The molecule has 0 fully saturated rings. The molecule has 3 heteroatoms. The second kappa shape index (κ2) is 3.25. The van der Waals surface area contributed by atoms with E-state index >= 15 is 0 Å². The van der Waals surface area contributed by atoms with Crippen LogP contribution in [0.15, 0.2) is 24.3 Å². The SMILES string of the molecule is Nc1ccc(O)cc1.S. The summed E-state index contributed by atoms with van der Waals surface area (Å²) in [7, 11) is 0. The van der Waals surface area contributed by atoms with Crippen molar-refractivity contribution < 1.29 is 5.11 Å². The fourth-order valence-electron chi connectivity index (χ4n) is 0.474. The molecular weight excluding hydrogens is 134 g/mol. The molecule has 9 heavy (non-hydrogen) atoms. The first-order valence-corrected chi connectivity index (χ1v) is 2.33. The molecule has 0 aromatic heterocycles. The third-order valence-corrected chi connectivity index (χ3v) is 0.893. The van der Waals surface area contributed by atoms with Gasteiger partial charge in [-0.15, -0.1) is 0 Å². The van der Waals surface area contributed by atoms with Gasteiger partial charge in [0.05, 0.1) is 0 Å². The predicted octanol–water partition coefficient (Wildman–Crippen LogP) is 1.09. The number of nitrogens with two attached hydrogens (primary N) is 1. The van der Waals surface area contributed by atoms with Crippen LogP contribution in [0.2, 0.25) is 0 Å². The lowest BCUT2D eigenvalue weighted by Crippen LogP contribution is -1.80. The summed E-state index contributed by atoms with van der Waals surface area (Å²) >= 11 is 0. The molecule has 0 spiro atoms. The van der Waals surface area contributed by atoms with Crippen molar-refractivity contribution in [1.82, 2.24) is 0 Å². The van der Waals surface area contributed by atoms with Gasteiger partial charge in [0.1, 0.15) is 5.75 Å². The monoisotopic (exact) mass is 143 g/mol. The van der Waals surface area contributed by atoms with Crippen molar-refractivity contribution in [2.24, 2.45) is 0 Å². The molecule has 1 aromatic carbocycles. The zero-order valence-corrected chi connectivity index (χ0v) is 5.83. The third-order valence-electron chi connectivity index (χ3n) is 0.893. The molecule has 0 aliphatic rings. The van der Waals surface area contributed by atoms with E-state index in [-0.39, 0.29) is 19.2 Å². The van der Waals surface area contributed by atoms with Crippen LogP contribution in [-0.4, -0.2) is 5.11 Å². The molecular formula is C6H9NOS. The van der Waals surface area contributed by atoms with Crippen molar-refractivity contribution in [3.63, 3.8) is 0 Å². The fraction of sp³-hybridized carbons (Fsp3) is 0. The first kappa shape index (κ1) is 8.17. The van der Waals surface area contributed by atoms with Gasteiger partial charge in [0.15, 0.2) is 0 Å². The number of hydrogen-bond donors (Lipinski definition) is 2. The molecule has 0 atom stereocenters. The molecule has 0 saturated heterocycles. The number of hydrogen-bond acceptors (Lipinski definition) is 2. The standard InChI is InChI=1S/C6H7NO.H2S/c7-5-1-3-6(8)4-2-5;/h1-4,8H,7H2;1H2. The van der Waals surface area contributed by atoms with Crippen LogP contribution in [0.3, 0.4) is 0 Å². The van der Waals surface area contributed by atoms with Gasteiger partial charge >= 0.3 is 0 Å². The zero-order chi connectivity index (χ0) is 5.98. The Morgan fingerprint density at radius 2 is 1.56 bits per heavy atom. The summed E-state index contributed by atoms with van der Waals surface area (Å²) in [5.41, 5.74) is 5.98. The van der Waals surface area contributed by atoms with Crippen molar-refractivity contribution in [2.45, 2.75) is 0 Å². The molecule has 50 valence electrons. The van der Waals surface area contributed by atoms with E-state index in [0.717, 1.165) is 0 Å². The Morgan fingerprint density at radius 1 is 1.11 bits per heavy atom. The molecule has 0 amide bonds. The van der Waals surface area contributed by atoms with E-state index in [4.69, 9.17) is 10.8 Å². The van der Waals surface area contributed by atoms with Crippen LogP contribution in [0.4, 0.5) is 5.69 Å². The average molecular weight is 143 g/mol. The molecule has 0 radical (unpaired) electrons. The summed E-state index contributed by atoms with van der Waals surface area (Å²) < 4.78 is 0. The van der Waals surface area contributed by atoms with Crippen molar-refractivity contribution in [3.05, 3.63) is 24.3 Å². The Labute approximate surface area is 60.8 Å². The maximum absolute atomic E-state index is 8.70. The second-order valence-corrected chi connectivity index (χ2v) is 1.59. The number of aromatic hydroxyl groups is 1. The van der Waals surface area contributed by atoms with Gasteiger partial charge in [-0.3, -0.25) is 0 Å². The van der Waals surface area contributed by atoms with Gasteiger partial charge in [-0.2, -0.15) is 13.5 Å². The first-order valence-electron chi connectivity index (χ1n) is 2.33. The van der Waals surface area contributed by atoms with E-state index < -0.39 is 0 Å². The van der Waals surface area contributed by atoms with Crippen LogP contribution < -0.4 is 5.73 Å². The zero-order valence-electron chi connectivity index (χ0n) is 4.83. The average Bonchev–Trinajstić information content (AvgIpc) is 1.77. The fourth-order valence-corrected chi connectivity index (χ4v) is 0.474. The maximum Gasteiger partial charge on any atom is 0.115 e. The van der Waals surface area contributed by atoms with E-state index in [1.54, 1.807) is 24.3 Å². The van der Waals surface area contributed by atoms with Gasteiger partial charge < -0.3 is 10.8 Å². The molecule has 0 heterocycles. The van der Waals surface area contributed by atoms with Gasteiger partial charge in [0, 0.05) is 5.69 Å². The van der Waals surface area contributed by atoms with Gasteiger partial charge in [0.25, 0.3) is 0 Å². The highest BCUT2D eigenvalue weighted by molar-refractivity contribution is 7.59. The molecule has 1 aromatic rings. The van der Waals surface area contributed by atoms with Crippen LogP contribution in [0.1, 0.15) is 0 Å². The van der Waals surface area contributed by atoms with Crippen molar-refractivity contribution >= 4 is 19.2 Å². The van der Waals surface area contributed by atoms with E-state index in [1.165, 1.54) is 0 Å². The smallest absolute Gasteiger partial charge is 0.115 e. The van der Waals surface area contributed by atoms with Gasteiger partial charge in [0.2, 0.25) is 0 Å². The predicted molar refractivity (Wildman–Crippen MR) is 42.9 cm³/mol. The van der Waals surface area contributed by atoms with Crippen LogP contribution in [0.25, 0.3) is 0 Å². The summed E-state index contributed by atoms with van der Waals surface area (Å²) in [6, 6.07) is 6.40. The van der Waals surface area contributed by atoms with E-state index in [1.807, 2.05) is 0 Å². The number of phenolic OH excluding ortho intramolecular Hbond substituents is 1. The normalized spacial score (nSPS) is 8.00. The number of rotatable bonds is 0. The molecule has 0 unspecified atom stereocenters. The number of anilines is 1. The second-order valence-electron chi connectivity index (χ2n) is 1.59. The van der Waals surface area contributed by atoms with Crippen molar-refractivity contribution in [3.8, 4) is 5.75 Å². The highest BCUT2D eigenvalue weighted by Gasteiger charge is 1.82. The summed E-state index contributed by atoms with van der Waals surface area (Å²) in [6.45, 7) is 0. The first-order chi connectivity index (χ1) is 3.79. The summed E-state index contributed by atoms with van der Waals surface area (Å²) in [6.07, 6.45) is 0. The number of nitrogen functional groups attached to an aromatic ring is 1. The molecule has 0 aliphatic carbocycles. The molecule has 1 rings (SSSR count). The van der Waals surface area contributed by atoms with Crippen molar-refractivity contribution in [2.75, 3.05) is 5.73 Å². The third kappa shape index (κ3) is 2.28. The Morgan fingerprint density at radius 3 is 1.89 bits per heavy atom. The highest BCUT2D eigenvalue weighted by Crippen LogP contribution is 2.09. The van der Waals surface area contributed by atoms with Crippen LogP contribution in [-0.2, 0) is 0 Å². The molecule has 0 saturated carbocycles. The Balaban J connectivity index is 0.000000640. The van der Waals surface area contributed by atoms with Gasteiger partial charge in [-0.25, -0.2) is 0 Å². The van der Waals surface area contributed by atoms with Crippen LogP contribution in [0, 0.1) is 0 Å². The number of phenols is 1. The topological polar surface area (TPSA) is 46.2 Å². The lowest BCUT2D eigenvalue weighted by atomic mass is 10.3. The van der Waals surface area contributed by atoms with E-state index in [9.17, 15) is 0 Å². The minimum atomic E-state index is 0. The lowest BCUT2D eigenvalue weighted by molar-refractivity contribution is 0.475. The Bertz CT molecular complexity index is 152. The minimum absolute atomic E-state index is 0. The van der Waals surface area contributed by atoms with Gasteiger partial charge in [-0.05, 0) is 24.3 Å². The van der Waals surface area contributed by atoms with Crippen molar-refractivity contribution in [1.29, 1.82) is 0 Å². The van der Waals surface area contributed by atoms with Crippen LogP contribution in [0.5, 0.6) is 5.75 Å². The minimum Gasteiger partial charge on any atom is -0.508 e. The molecule has 2 nitrogen and oxygen atoms in total. The van der Waals surface area contributed by atoms with E-state index in [2.05, 4.69) is 0 Å². The molecule has 3 N–H and O–H groups in total. The summed E-state index contributed by atoms with van der Waals surface area (Å²) in [5, 5.41) is 8.70. The Kier molecular flexibility index (Phi) is 2.95. The molecule has 0 bridgehead atoms. The largest absolute Gasteiger partial charge is 0.508 e. The summed E-state index contributed by atoms with van der Waals surface area (Å²) in [4.78, 5) is 0. The Hall–Kier alpha value is -0.830. The van der Waals surface area contributed by atoms with Crippen LogP contribution >= 0.6 is 13.5 Å². The maximum atomic E-state index is 8.70. The summed E-state index contributed by atoms with van der Waals surface area (Å²) in [5.74, 6) is 0.249. The molecule has 0 aliphatic heterocycles. The number of benzene rings is 1. The lowest BCUT2D eigenvalue weighted by Gasteiger charge is -1.89. The quantitative estimate of drug-likeness (QED) is 0.422. The van der Waals surface area contributed by atoms with E-state index in [0.29, 0.717) is 5.69 Å². The highest BCUT2D eigenvalue weighted by atomic mass is 32.1.